The number of hydrogen-bond acceptors (Lipinski definition) is 2. The lowest BCUT2D eigenvalue weighted by molar-refractivity contribution is -0.926. The van der Waals surface area contributed by atoms with Crippen molar-refractivity contribution in [2.75, 3.05) is 26.2 Å². The SMILES string of the molecule is C=C(C)C(=O)CC(O)C[N+](CC)(CC)CC.[Br-]. The summed E-state index contributed by atoms with van der Waals surface area (Å²) < 4.78 is 0.866. The van der Waals surface area contributed by atoms with Gasteiger partial charge in [0.15, 0.2) is 5.78 Å². The largest absolute Gasteiger partial charge is 1.00 e. The van der Waals surface area contributed by atoms with Gasteiger partial charge in [0.25, 0.3) is 0 Å². The van der Waals surface area contributed by atoms with Crippen LogP contribution in [0.15, 0.2) is 12.2 Å². The molecule has 0 saturated carbocycles. The number of ketones is 1. The van der Waals surface area contributed by atoms with E-state index in [9.17, 15) is 9.90 Å². The lowest BCUT2D eigenvalue weighted by Crippen LogP contribution is -3.00. The van der Waals surface area contributed by atoms with Gasteiger partial charge in [0.05, 0.1) is 19.6 Å². The summed E-state index contributed by atoms with van der Waals surface area (Å²) in [4.78, 5) is 11.4. The number of halogens is 1. The fraction of sp³-hybridized carbons (Fsp3) is 0.769. The maximum absolute atomic E-state index is 11.4. The van der Waals surface area contributed by atoms with E-state index in [-0.39, 0.29) is 29.2 Å². The maximum Gasteiger partial charge on any atom is 0.160 e. The van der Waals surface area contributed by atoms with Crippen LogP contribution in [0, 0.1) is 0 Å². The summed E-state index contributed by atoms with van der Waals surface area (Å²) in [5.41, 5.74) is 0.529. The van der Waals surface area contributed by atoms with Crippen LogP contribution in [0.25, 0.3) is 0 Å². The van der Waals surface area contributed by atoms with Crippen molar-refractivity contribution in [3.8, 4) is 0 Å². The third kappa shape index (κ3) is 6.34. The van der Waals surface area contributed by atoms with Crippen LogP contribution >= 0.6 is 0 Å². The molecule has 1 N–H and O–H groups in total. The van der Waals surface area contributed by atoms with E-state index in [4.69, 9.17) is 0 Å². The quantitative estimate of drug-likeness (QED) is 0.450. The van der Waals surface area contributed by atoms with Crippen molar-refractivity contribution in [1.29, 1.82) is 0 Å². The van der Waals surface area contributed by atoms with Gasteiger partial charge in [-0.15, -0.1) is 0 Å². The molecule has 0 rings (SSSR count). The monoisotopic (exact) mass is 307 g/mol. The molecular weight excluding hydrogens is 282 g/mol. The van der Waals surface area contributed by atoms with Crippen LogP contribution < -0.4 is 17.0 Å². The number of aliphatic hydroxyl groups excluding tert-OH is 1. The highest BCUT2D eigenvalue weighted by Crippen LogP contribution is 2.10. The van der Waals surface area contributed by atoms with E-state index >= 15 is 0 Å². The van der Waals surface area contributed by atoms with Crippen molar-refractivity contribution in [3.05, 3.63) is 12.2 Å². The van der Waals surface area contributed by atoms with Crippen molar-refractivity contribution in [3.63, 3.8) is 0 Å². The van der Waals surface area contributed by atoms with Crippen LogP contribution in [0.2, 0.25) is 0 Å². The first-order valence-electron chi connectivity index (χ1n) is 6.12. The van der Waals surface area contributed by atoms with Crippen LogP contribution in [0.1, 0.15) is 34.1 Å². The molecule has 0 aromatic heterocycles. The molecule has 0 radical (unpaired) electrons. The summed E-state index contributed by atoms with van der Waals surface area (Å²) in [6, 6.07) is 0. The Bertz CT molecular complexity index is 242. The molecule has 0 spiro atoms. The number of aliphatic hydroxyl groups is 1. The third-order valence-electron chi connectivity index (χ3n) is 3.51. The molecule has 0 aliphatic carbocycles. The summed E-state index contributed by atoms with van der Waals surface area (Å²) in [6.45, 7) is 15.3. The second kappa shape index (κ2) is 8.84. The molecule has 17 heavy (non-hydrogen) atoms. The van der Waals surface area contributed by atoms with Crippen LogP contribution in [0.3, 0.4) is 0 Å². The highest BCUT2D eigenvalue weighted by atomic mass is 79.9. The normalized spacial score (nSPS) is 12.8. The molecule has 0 aliphatic heterocycles. The van der Waals surface area contributed by atoms with Crippen molar-refractivity contribution in [2.24, 2.45) is 0 Å². The molecule has 0 saturated heterocycles. The second-order valence-corrected chi connectivity index (χ2v) is 4.53. The van der Waals surface area contributed by atoms with E-state index < -0.39 is 6.10 Å². The summed E-state index contributed by atoms with van der Waals surface area (Å²) in [5, 5.41) is 9.92. The number of carbonyl (C=O) groups excluding carboxylic acids is 1. The highest BCUT2D eigenvalue weighted by Gasteiger charge is 2.26. The minimum Gasteiger partial charge on any atom is -1.00 e. The Balaban J connectivity index is 0. The van der Waals surface area contributed by atoms with Crippen LogP contribution in [0.4, 0.5) is 0 Å². The van der Waals surface area contributed by atoms with E-state index in [1.165, 1.54) is 0 Å². The first kappa shape index (κ1) is 19.2. The Morgan fingerprint density at radius 3 is 1.94 bits per heavy atom. The number of quaternary nitrogens is 1. The standard InChI is InChI=1S/C13H26NO2.BrH/c1-6-14(7-2,8-3)10-12(15)9-13(16)11(4)5;/h12,15H,4,6-10H2,1-3,5H3;1H/q+1;/p-1. The lowest BCUT2D eigenvalue weighted by atomic mass is 10.1. The number of nitrogens with zero attached hydrogens (tertiary/aromatic N) is 1. The first-order valence-corrected chi connectivity index (χ1v) is 6.12. The van der Waals surface area contributed by atoms with Crippen molar-refractivity contribution < 1.29 is 31.4 Å². The van der Waals surface area contributed by atoms with Gasteiger partial charge in [-0.05, 0) is 33.3 Å². The van der Waals surface area contributed by atoms with E-state index in [0.29, 0.717) is 12.1 Å². The lowest BCUT2D eigenvalue weighted by Gasteiger charge is -2.37. The van der Waals surface area contributed by atoms with Gasteiger partial charge in [-0.2, -0.15) is 0 Å². The Morgan fingerprint density at radius 2 is 1.65 bits per heavy atom. The van der Waals surface area contributed by atoms with E-state index in [1.54, 1.807) is 6.92 Å². The zero-order valence-electron chi connectivity index (χ0n) is 11.5. The van der Waals surface area contributed by atoms with Crippen LogP contribution in [0.5, 0.6) is 0 Å². The fourth-order valence-corrected chi connectivity index (χ4v) is 1.96. The van der Waals surface area contributed by atoms with Crippen molar-refractivity contribution in [1.82, 2.24) is 0 Å². The molecule has 0 aliphatic rings. The van der Waals surface area contributed by atoms with Crippen LogP contribution in [-0.4, -0.2) is 47.7 Å². The zero-order valence-corrected chi connectivity index (χ0v) is 13.1. The average molecular weight is 308 g/mol. The van der Waals surface area contributed by atoms with Crippen molar-refractivity contribution in [2.45, 2.75) is 40.2 Å². The van der Waals surface area contributed by atoms with E-state index in [1.807, 2.05) is 0 Å². The number of likely N-dealkylation sites (N-methyl/N-ethyl adjacent to an activating group) is 1. The number of hydrogen-bond donors (Lipinski definition) is 1. The number of carbonyl (C=O) groups is 1. The van der Waals surface area contributed by atoms with Crippen molar-refractivity contribution >= 4 is 5.78 Å². The number of Topliss-reactive ketones (excluding diaryl/α,β-unsaturated/α-hetero) is 1. The molecule has 1 unspecified atom stereocenters. The number of allylic oxidation sites excluding steroid dienone is 1. The molecule has 0 fully saturated rings. The predicted octanol–water partition coefficient (Wildman–Crippen LogP) is -1.24. The molecule has 102 valence electrons. The minimum atomic E-state index is -0.552. The molecule has 1 atom stereocenters. The molecule has 3 nitrogen and oxygen atoms in total. The summed E-state index contributed by atoms with van der Waals surface area (Å²) in [6.07, 6.45) is -0.348. The molecular formula is C13H26BrNO2. The first-order chi connectivity index (χ1) is 7.40. The predicted molar refractivity (Wildman–Crippen MR) is 67.2 cm³/mol. The molecule has 0 bridgehead atoms. The van der Waals surface area contributed by atoms with Gasteiger partial charge in [-0.1, -0.05) is 6.58 Å². The Morgan fingerprint density at radius 1 is 1.24 bits per heavy atom. The second-order valence-electron chi connectivity index (χ2n) is 4.53. The van der Waals surface area contributed by atoms with Gasteiger partial charge in [-0.3, -0.25) is 4.79 Å². The zero-order chi connectivity index (χ0) is 12.8. The van der Waals surface area contributed by atoms with Crippen LogP contribution in [-0.2, 0) is 4.79 Å². The van der Waals surface area contributed by atoms with Gasteiger partial charge in [0.1, 0.15) is 12.6 Å². The highest BCUT2D eigenvalue weighted by molar-refractivity contribution is 5.94. The smallest absolute Gasteiger partial charge is 0.160 e. The molecule has 0 aromatic rings. The van der Waals surface area contributed by atoms with Gasteiger partial charge in [0.2, 0.25) is 0 Å². The van der Waals surface area contributed by atoms with Gasteiger partial charge in [-0.25, -0.2) is 0 Å². The summed E-state index contributed by atoms with van der Waals surface area (Å²) in [5.74, 6) is -0.0334. The number of rotatable bonds is 8. The summed E-state index contributed by atoms with van der Waals surface area (Å²) in [7, 11) is 0. The fourth-order valence-electron chi connectivity index (χ4n) is 1.96. The molecule has 0 heterocycles. The van der Waals surface area contributed by atoms with Gasteiger partial charge < -0.3 is 26.6 Å². The Hall–Kier alpha value is -0.190. The van der Waals surface area contributed by atoms with E-state index in [2.05, 4.69) is 27.4 Å². The molecule has 0 aromatic carbocycles. The third-order valence-corrected chi connectivity index (χ3v) is 3.51. The molecule has 4 heteroatoms. The Kier molecular flexibility index (Phi) is 9.96. The van der Waals surface area contributed by atoms with E-state index in [0.717, 1.165) is 24.1 Å². The van der Waals surface area contributed by atoms with Gasteiger partial charge in [0, 0.05) is 6.42 Å². The van der Waals surface area contributed by atoms with Gasteiger partial charge >= 0.3 is 0 Å². The maximum atomic E-state index is 11.4. The summed E-state index contributed by atoms with van der Waals surface area (Å²) >= 11 is 0. The Labute approximate surface area is 116 Å². The molecule has 0 amide bonds. The minimum absolute atomic E-state index is 0. The topological polar surface area (TPSA) is 37.3 Å². The average Bonchev–Trinajstić information content (AvgIpc) is 2.26.